The summed E-state index contributed by atoms with van der Waals surface area (Å²) < 4.78 is 23.6. The van der Waals surface area contributed by atoms with E-state index in [4.69, 9.17) is 11.6 Å². The summed E-state index contributed by atoms with van der Waals surface area (Å²) in [6, 6.07) is 3.05. The van der Waals surface area contributed by atoms with Crippen LogP contribution in [0.5, 0.6) is 0 Å². The molecule has 2 rings (SSSR count). The van der Waals surface area contributed by atoms with Crippen molar-refractivity contribution >= 4 is 44.5 Å². The maximum atomic E-state index is 12.3. The lowest BCUT2D eigenvalue weighted by atomic mass is 10.1. The van der Waals surface area contributed by atoms with Crippen LogP contribution >= 0.6 is 22.9 Å². The fourth-order valence-corrected chi connectivity index (χ4v) is 5.35. The Labute approximate surface area is 139 Å². The second-order valence-corrected chi connectivity index (χ2v) is 9.21. The van der Waals surface area contributed by atoms with Gasteiger partial charge in [0.25, 0.3) is 0 Å². The topological polar surface area (TPSA) is 71.5 Å². The van der Waals surface area contributed by atoms with Gasteiger partial charge in [-0.15, -0.1) is 11.3 Å². The fraction of sp³-hybridized carbons (Fsp3) is 0.571. The van der Waals surface area contributed by atoms with Crippen molar-refractivity contribution in [1.82, 2.24) is 4.90 Å². The zero-order valence-electron chi connectivity index (χ0n) is 12.2. The number of hydrogen-bond acceptors (Lipinski definition) is 5. The number of carbonyl (C=O) groups excluding carboxylic acids is 2. The van der Waals surface area contributed by atoms with Gasteiger partial charge in [0.1, 0.15) is 0 Å². The molecule has 5 nitrogen and oxygen atoms in total. The van der Waals surface area contributed by atoms with Gasteiger partial charge in [0.05, 0.1) is 20.7 Å². The number of sulfone groups is 1. The number of Topliss-reactive ketones (excluding diaryl/α,β-unsaturated/α-hetero) is 1. The highest BCUT2D eigenvalue weighted by Crippen LogP contribution is 2.23. The molecule has 22 heavy (non-hydrogen) atoms. The Morgan fingerprint density at radius 3 is 2.59 bits per heavy atom. The molecule has 1 aromatic rings. The Hall–Kier alpha value is -0.920. The Balaban J connectivity index is 1.91. The van der Waals surface area contributed by atoms with Crippen molar-refractivity contribution in [1.29, 1.82) is 0 Å². The molecule has 1 fully saturated rings. The number of carbonyl (C=O) groups is 2. The summed E-state index contributed by atoms with van der Waals surface area (Å²) in [5.41, 5.74) is 0. The van der Waals surface area contributed by atoms with Gasteiger partial charge in [-0.25, -0.2) is 8.42 Å². The molecule has 2 heterocycles. The molecule has 0 spiro atoms. The van der Waals surface area contributed by atoms with Crippen LogP contribution < -0.4 is 0 Å². The quantitative estimate of drug-likeness (QED) is 0.727. The summed E-state index contributed by atoms with van der Waals surface area (Å²) in [6.45, 7) is 2.28. The van der Waals surface area contributed by atoms with Crippen molar-refractivity contribution in [3.8, 4) is 0 Å². The summed E-state index contributed by atoms with van der Waals surface area (Å²) in [4.78, 5) is 26.4. The molecule has 1 atom stereocenters. The first kappa shape index (κ1) is 17.4. The van der Waals surface area contributed by atoms with Crippen molar-refractivity contribution in [2.24, 2.45) is 0 Å². The van der Waals surface area contributed by atoms with E-state index in [0.717, 1.165) is 0 Å². The van der Waals surface area contributed by atoms with E-state index in [-0.39, 0.29) is 42.1 Å². The van der Waals surface area contributed by atoms with Gasteiger partial charge < -0.3 is 4.90 Å². The average molecular weight is 364 g/mol. The van der Waals surface area contributed by atoms with Crippen molar-refractivity contribution in [2.45, 2.75) is 32.2 Å². The van der Waals surface area contributed by atoms with Gasteiger partial charge in [0.2, 0.25) is 5.91 Å². The number of rotatable bonds is 6. The molecule has 0 aromatic carbocycles. The normalized spacial score (nSPS) is 20.0. The lowest BCUT2D eigenvalue weighted by Gasteiger charge is -2.26. The molecule has 1 aliphatic heterocycles. The molecule has 0 bridgehead atoms. The number of nitrogens with zero attached hydrogens (tertiary/aromatic N) is 1. The first-order valence-electron chi connectivity index (χ1n) is 7.11. The second kappa shape index (κ2) is 7.10. The Kier molecular flexibility index (Phi) is 5.63. The minimum absolute atomic E-state index is 0.0288. The lowest BCUT2D eigenvalue weighted by molar-refractivity contribution is -0.132. The smallest absolute Gasteiger partial charge is 0.223 e. The zero-order valence-corrected chi connectivity index (χ0v) is 14.6. The lowest BCUT2D eigenvalue weighted by Crippen LogP contribution is -2.41. The maximum Gasteiger partial charge on any atom is 0.223 e. The van der Waals surface area contributed by atoms with E-state index in [9.17, 15) is 18.0 Å². The summed E-state index contributed by atoms with van der Waals surface area (Å²) in [7, 11) is -3.03. The minimum atomic E-state index is -3.03. The zero-order chi connectivity index (χ0) is 16.3. The largest absolute Gasteiger partial charge is 0.339 e. The predicted molar refractivity (Wildman–Crippen MR) is 87.3 cm³/mol. The Bertz CT molecular complexity index is 668. The van der Waals surface area contributed by atoms with E-state index >= 15 is 0 Å². The molecule has 8 heteroatoms. The van der Waals surface area contributed by atoms with Crippen LogP contribution in [0.3, 0.4) is 0 Å². The number of hydrogen-bond donors (Lipinski definition) is 0. The van der Waals surface area contributed by atoms with Crippen LogP contribution in [0.2, 0.25) is 4.34 Å². The molecule has 0 aliphatic carbocycles. The van der Waals surface area contributed by atoms with Crippen LogP contribution in [0.4, 0.5) is 0 Å². The van der Waals surface area contributed by atoms with Crippen molar-refractivity contribution < 1.29 is 18.0 Å². The standard InChI is InChI=1S/C14H18ClNO4S2/c1-2-16(10-7-8-22(19,20)9-10)14(18)6-3-11(17)12-4-5-13(15)21-12/h4-5,10H,2-3,6-9H2,1H3. The number of ketones is 1. The molecule has 1 saturated heterocycles. The summed E-state index contributed by atoms with van der Waals surface area (Å²) in [6.07, 6.45) is 0.695. The van der Waals surface area contributed by atoms with E-state index in [1.54, 1.807) is 17.0 Å². The van der Waals surface area contributed by atoms with Crippen LogP contribution in [0.1, 0.15) is 35.9 Å². The van der Waals surface area contributed by atoms with Gasteiger partial charge in [0.15, 0.2) is 15.6 Å². The third kappa shape index (κ3) is 4.30. The van der Waals surface area contributed by atoms with E-state index in [1.165, 1.54) is 11.3 Å². The Morgan fingerprint density at radius 2 is 2.09 bits per heavy atom. The van der Waals surface area contributed by atoms with Gasteiger partial charge in [-0.1, -0.05) is 11.6 Å². The molecule has 0 radical (unpaired) electrons. The van der Waals surface area contributed by atoms with Gasteiger partial charge in [-0.05, 0) is 25.5 Å². The third-order valence-electron chi connectivity index (χ3n) is 3.72. The van der Waals surface area contributed by atoms with Crippen molar-refractivity contribution in [3.63, 3.8) is 0 Å². The van der Waals surface area contributed by atoms with Crippen LogP contribution in [0.25, 0.3) is 0 Å². The monoisotopic (exact) mass is 363 g/mol. The van der Waals surface area contributed by atoms with Gasteiger partial charge in [-0.3, -0.25) is 9.59 Å². The van der Waals surface area contributed by atoms with Gasteiger partial charge in [-0.2, -0.15) is 0 Å². The molecular formula is C14H18ClNO4S2. The summed E-state index contributed by atoms with van der Waals surface area (Å²) in [5, 5.41) is 0. The fourth-order valence-electron chi connectivity index (χ4n) is 2.61. The highest BCUT2D eigenvalue weighted by Gasteiger charge is 2.33. The predicted octanol–water partition coefficient (Wildman–Crippen LogP) is 2.40. The summed E-state index contributed by atoms with van der Waals surface area (Å²) in [5.74, 6) is -0.115. The van der Waals surface area contributed by atoms with Crippen LogP contribution in [-0.4, -0.2) is 49.1 Å². The van der Waals surface area contributed by atoms with Crippen LogP contribution in [-0.2, 0) is 14.6 Å². The maximum absolute atomic E-state index is 12.3. The van der Waals surface area contributed by atoms with Crippen molar-refractivity contribution in [3.05, 3.63) is 21.3 Å². The average Bonchev–Trinajstić information content (AvgIpc) is 3.03. The Morgan fingerprint density at radius 1 is 1.36 bits per heavy atom. The van der Waals surface area contributed by atoms with E-state index in [1.807, 2.05) is 6.92 Å². The summed E-state index contributed by atoms with van der Waals surface area (Å²) >= 11 is 6.99. The molecule has 122 valence electrons. The first-order valence-corrected chi connectivity index (χ1v) is 10.1. The number of amides is 1. The molecule has 1 amide bonds. The first-order chi connectivity index (χ1) is 10.3. The van der Waals surface area contributed by atoms with Gasteiger partial charge in [0, 0.05) is 25.4 Å². The minimum Gasteiger partial charge on any atom is -0.339 e. The van der Waals surface area contributed by atoms with E-state index in [2.05, 4.69) is 0 Å². The molecule has 0 saturated carbocycles. The highest BCUT2D eigenvalue weighted by atomic mass is 35.5. The second-order valence-electron chi connectivity index (χ2n) is 5.26. The van der Waals surface area contributed by atoms with Gasteiger partial charge >= 0.3 is 0 Å². The highest BCUT2D eigenvalue weighted by molar-refractivity contribution is 7.91. The van der Waals surface area contributed by atoms with Crippen molar-refractivity contribution in [2.75, 3.05) is 18.1 Å². The molecule has 1 aromatic heterocycles. The van der Waals surface area contributed by atoms with E-state index in [0.29, 0.717) is 22.2 Å². The number of thiophene rings is 1. The SMILES string of the molecule is CCN(C(=O)CCC(=O)c1ccc(Cl)s1)C1CCS(=O)(=O)C1. The molecule has 0 N–H and O–H groups in total. The number of halogens is 1. The molecular weight excluding hydrogens is 346 g/mol. The molecule has 1 unspecified atom stereocenters. The third-order valence-corrected chi connectivity index (χ3v) is 6.75. The molecule has 1 aliphatic rings. The van der Waals surface area contributed by atoms with Crippen LogP contribution in [0.15, 0.2) is 12.1 Å². The van der Waals surface area contributed by atoms with E-state index < -0.39 is 9.84 Å². The van der Waals surface area contributed by atoms with Crippen LogP contribution in [0, 0.1) is 0 Å².